The molecular weight excluding hydrogens is 216 g/mol. The molecule has 0 saturated carbocycles. The Morgan fingerprint density at radius 2 is 2.42 bits per heavy atom. The second-order valence-corrected chi connectivity index (χ2v) is 3.50. The molecule has 0 spiro atoms. The topological polar surface area (TPSA) is 28.7 Å². The number of nitrogens with one attached hydrogen (secondary N) is 1. The second-order valence-electron chi connectivity index (χ2n) is 2.58. The summed E-state index contributed by atoms with van der Waals surface area (Å²) in [5.74, 6) is 0. The van der Waals surface area contributed by atoms with Gasteiger partial charge in [-0.05, 0) is 34.0 Å². The average Bonchev–Trinajstić information content (AvgIpc) is 2.46. The summed E-state index contributed by atoms with van der Waals surface area (Å²) in [5, 5.41) is 1.16. The van der Waals surface area contributed by atoms with Crippen LogP contribution in [0.2, 0.25) is 0 Å². The van der Waals surface area contributed by atoms with E-state index in [1.807, 2.05) is 13.1 Å². The van der Waals surface area contributed by atoms with Crippen molar-refractivity contribution in [3.8, 4) is 0 Å². The molecule has 1 radical (unpaired) electrons. The molecule has 0 fully saturated rings. The van der Waals surface area contributed by atoms with Crippen molar-refractivity contribution in [1.82, 2.24) is 9.97 Å². The maximum atomic E-state index is 4.23. The highest BCUT2D eigenvalue weighted by atomic mass is 79.9. The van der Waals surface area contributed by atoms with Crippen LogP contribution in [0.1, 0.15) is 12.5 Å². The summed E-state index contributed by atoms with van der Waals surface area (Å²) in [7, 11) is 0. The Morgan fingerprint density at radius 3 is 3.17 bits per heavy atom. The van der Waals surface area contributed by atoms with Crippen molar-refractivity contribution < 1.29 is 0 Å². The second kappa shape index (κ2) is 2.90. The van der Waals surface area contributed by atoms with Crippen molar-refractivity contribution in [3.63, 3.8) is 0 Å². The third-order valence-corrected chi connectivity index (χ3v) is 2.27. The van der Waals surface area contributed by atoms with E-state index in [0.717, 1.165) is 15.5 Å². The van der Waals surface area contributed by atoms with E-state index in [2.05, 4.69) is 38.4 Å². The molecule has 2 aromatic heterocycles. The van der Waals surface area contributed by atoms with Crippen LogP contribution in [-0.4, -0.2) is 9.97 Å². The van der Waals surface area contributed by atoms with Crippen molar-refractivity contribution >= 4 is 27.0 Å². The molecule has 1 N–H and O–H groups in total. The summed E-state index contributed by atoms with van der Waals surface area (Å²) in [4.78, 5) is 7.33. The number of fused-ring (bicyclic) bond motifs is 1. The molecule has 2 nitrogen and oxygen atoms in total. The van der Waals surface area contributed by atoms with Gasteiger partial charge < -0.3 is 4.98 Å². The number of hydrogen-bond acceptors (Lipinski definition) is 1. The number of rotatable bonds is 1. The first-order chi connectivity index (χ1) is 5.81. The Hall–Kier alpha value is -0.830. The maximum Gasteiger partial charge on any atom is 0.137 e. The maximum absolute atomic E-state index is 4.23. The number of H-pyrrole nitrogens is 1. The highest BCUT2D eigenvalue weighted by Gasteiger charge is 2.02. The molecule has 0 saturated heterocycles. The fourth-order valence-electron chi connectivity index (χ4n) is 1.24. The molecule has 0 bridgehead atoms. The number of hydrogen-bond donors (Lipinski definition) is 1. The first-order valence-electron chi connectivity index (χ1n) is 3.73. The molecule has 12 heavy (non-hydrogen) atoms. The van der Waals surface area contributed by atoms with Crippen LogP contribution in [0.4, 0.5) is 0 Å². The third kappa shape index (κ3) is 1.14. The van der Waals surface area contributed by atoms with E-state index in [1.54, 1.807) is 6.20 Å². The number of aromatic nitrogens is 2. The van der Waals surface area contributed by atoms with Crippen LogP contribution < -0.4 is 0 Å². The first-order valence-corrected chi connectivity index (χ1v) is 4.52. The number of nitrogens with zero attached hydrogens (tertiary/aromatic N) is 1. The predicted molar refractivity (Wildman–Crippen MR) is 52.9 cm³/mol. The van der Waals surface area contributed by atoms with Gasteiger partial charge in [0.25, 0.3) is 0 Å². The van der Waals surface area contributed by atoms with Crippen LogP contribution in [-0.2, 0) is 0 Å². The number of pyridine rings is 1. The van der Waals surface area contributed by atoms with Gasteiger partial charge in [-0.15, -0.1) is 0 Å². The van der Waals surface area contributed by atoms with E-state index in [-0.39, 0.29) is 0 Å². The minimum atomic E-state index is 0.936. The van der Waals surface area contributed by atoms with Gasteiger partial charge in [-0.25, -0.2) is 4.98 Å². The van der Waals surface area contributed by atoms with E-state index in [4.69, 9.17) is 0 Å². The Bertz CT molecular complexity index is 406. The number of halogens is 1. The van der Waals surface area contributed by atoms with Crippen molar-refractivity contribution in [2.24, 2.45) is 0 Å². The SMILES string of the molecule is C[CH]c1c[nH]c2ncc(Br)cc12. The van der Waals surface area contributed by atoms with Crippen LogP contribution in [0.5, 0.6) is 0 Å². The molecule has 61 valence electrons. The Labute approximate surface area is 79.1 Å². The predicted octanol–water partition coefficient (Wildman–Crippen LogP) is 2.90. The highest BCUT2D eigenvalue weighted by molar-refractivity contribution is 9.10. The van der Waals surface area contributed by atoms with Crippen LogP contribution >= 0.6 is 15.9 Å². The monoisotopic (exact) mass is 223 g/mol. The van der Waals surface area contributed by atoms with E-state index >= 15 is 0 Å². The van der Waals surface area contributed by atoms with Gasteiger partial charge in [0, 0.05) is 22.3 Å². The summed E-state index contributed by atoms with van der Waals surface area (Å²) in [6.45, 7) is 2.02. The van der Waals surface area contributed by atoms with E-state index < -0.39 is 0 Å². The molecule has 0 aliphatic rings. The lowest BCUT2D eigenvalue weighted by Crippen LogP contribution is -1.76. The van der Waals surface area contributed by atoms with Crippen molar-refractivity contribution in [2.75, 3.05) is 0 Å². The molecule has 0 aromatic carbocycles. The van der Waals surface area contributed by atoms with E-state index in [1.165, 1.54) is 5.56 Å². The van der Waals surface area contributed by atoms with Gasteiger partial charge in [0.15, 0.2) is 0 Å². The van der Waals surface area contributed by atoms with Gasteiger partial charge in [-0.2, -0.15) is 0 Å². The summed E-state index contributed by atoms with van der Waals surface area (Å²) < 4.78 is 1.01. The molecule has 2 aromatic rings. The van der Waals surface area contributed by atoms with Gasteiger partial charge in [-0.1, -0.05) is 6.92 Å². The summed E-state index contributed by atoms with van der Waals surface area (Å²) in [5.41, 5.74) is 2.13. The zero-order valence-electron chi connectivity index (χ0n) is 6.63. The Kier molecular flexibility index (Phi) is 1.89. The molecule has 0 amide bonds. The van der Waals surface area contributed by atoms with Crippen molar-refractivity contribution in [1.29, 1.82) is 0 Å². The average molecular weight is 224 g/mol. The number of aromatic amines is 1. The smallest absolute Gasteiger partial charge is 0.137 e. The molecule has 2 rings (SSSR count). The Morgan fingerprint density at radius 1 is 1.58 bits per heavy atom. The first kappa shape index (κ1) is 7.80. The zero-order chi connectivity index (χ0) is 8.55. The van der Waals surface area contributed by atoms with Gasteiger partial charge in [-0.3, -0.25) is 0 Å². The van der Waals surface area contributed by atoms with Gasteiger partial charge in [0.1, 0.15) is 5.65 Å². The fraction of sp³-hybridized carbons (Fsp3) is 0.111. The fourth-order valence-corrected chi connectivity index (χ4v) is 1.57. The van der Waals surface area contributed by atoms with Crippen LogP contribution in [0.25, 0.3) is 11.0 Å². The van der Waals surface area contributed by atoms with Crippen LogP contribution in [0.3, 0.4) is 0 Å². The highest BCUT2D eigenvalue weighted by Crippen LogP contribution is 2.21. The lowest BCUT2D eigenvalue weighted by atomic mass is 10.2. The molecule has 2 heterocycles. The largest absolute Gasteiger partial charge is 0.346 e. The standard InChI is InChI=1S/C9H8BrN2/c1-2-6-4-11-9-8(6)3-7(10)5-12-9/h2-5H,1H3,(H,11,12). The van der Waals surface area contributed by atoms with Gasteiger partial charge in [0.05, 0.1) is 0 Å². The Balaban J connectivity index is 2.75. The lowest BCUT2D eigenvalue weighted by molar-refractivity contribution is 1.31. The molecule has 0 atom stereocenters. The van der Waals surface area contributed by atoms with Crippen molar-refractivity contribution in [3.05, 3.63) is 34.9 Å². The molecule has 0 aliphatic carbocycles. The van der Waals surface area contributed by atoms with Gasteiger partial charge in [0.2, 0.25) is 0 Å². The summed E-state index contributed by atoms with van der Waals surface area (Å²) in [6, 6.07) is 2.06. The molecular formula is C9H8BrN2. The van der Waals surface area contributed by atoms with E-state index in [0.29, 0.717) is 0 Å². The lowest BCUT2D eigenvalue weighted by Gasteiger charge is -1.93. The van der Waals surface area contributed by atoms with Crippen LogP contribution in [0, 0.1) is 6.42 Å². The molecule has 0 aliphatic heterocycles. The third-order valence-electron chi connectivity index (χ3n) is 1.84. The van der Waals surface area contributed by atoms with E-state index in [9.17, 15) is 0 Å². The molecule has 3 heteroatoms. The minimum Gasteiger partial charge on any atom is -0.346 e. The zero-order valence-corrected chi connectivity index (χ0v) is 8.22. The summed E-state index contributed by atoms with van der Waals surface area (Å²) >= 11 is 3.39. The normalized spacial score (nSPS) is 10.8. The minimum absolute atomic E-state index is 0.936. The van der Waals surface area contributed by atoms with Crippen LogP contribution in [0.15, 0.2) is 22.9 Å². The molecule has 0 unspecified atom stereocenters. The van der Waals surface area contributed by atoms with Gasteiger partial charge >= 0.3 is 0 Å². The summed E-state index contributed by atoms with van der Waals surface area (Å²) in [6.07, 6.45) is 5.81. The quantitative estimate of drug-likeness (QED) is 0.792. The van der Waals surface area contributed by atoms with Crippen molar-refractivity contribution in [2.45, 2.75) is 6.92 Å².